The third kappa shape index (κ3) is 3.00. The normalized spacial score (nSPS) is 13.7. The van der Waals surface area contributed by atoms with Crippen LogP contribution in [0.2, 0.25) is 0 Å². The maximum atomic E-state index is 4.28. The molecule has 0 radical (unpaired) electrons. The Bertz CT molecular complexity index is 312. The number of rotatable bonds is 4. The van der Waals surface area contributed by atoms with Crippen LogP contribution in [0.5, 0.6) is 0 Å². The highest BCUT2D eigenvalue weighted by Crippen LogP contribution is 2.07. The smallest absolute Gasteiger partial charge is 0.0665 e. The van der Waals surface area contributed by atoms with E-state index in [4.69, 9.17) is 0 Å². The number of nitrogens with one attached hydrogen (secondary N) is 1. The van der Waals surface area contributed by atoms with Crippen molar-refractivity contribution in [1.82, 2.24) is 15.1 Å². The predicted molar refractivity (Wildman–Crippen MR) is 60.1 cm³/mol. The SMILES string of the molecule is CCNC(C)/C=C/c1cn(C)nc1C. The number of hydrogen-bond acceptors (Lipinski definition) is 2. The molecule has 1 aromatic heterocycles. The van der Waals surface area contributed by atoms with Crippen LogP contribution in [0.25, 0.3) is 6.08 Å². The molecule has 0 bridgehead atoms. The van der Waals surface area contributed by atoms with Gasteiger partial charge in [-0.15, -0.1) is 0 Å². The standard InChI is InChI=1S/C11H19N3/c1-5-12-9(2)6-7-11-8-14(4)13-10(11)3/h6-9,12H,5H2,1-4H3/b7-6+. The Morgan fingerprint density at radius 3 is 2.86 bits per heavy atom. The van der Waals surface area contributed by atoms with Crippen LogP contribution in [-0.2, 0) is 7.05 Å². The van der Waals surface area contributed by atoms with Gasteiger partial charge in [0.15, 0.2) is 0 Å². The fraction of sp³-hybridized carbons (Fsp3) is 0.545. The molecule has 78 valence electrons. The molecule has 1 heterocycles. The van der Waals surface area contributed by atoms with Crippen molar-refractivity contribution < 1.29 is 0 Å². The highest BCUT2D eigenvalue weighted by molar-refractivity contribution is 5.51. The van der Waals surface area contributed by atoms with Gasteiger partial charge in [0.25, 0.3) is 0 Å². The fourth-order valence-electron chi connectivity index (χ4n) is 1.42. The summed E-state index contributed by atoms with van der Waals surface area (Å²) < 4.78 is 1.84. The van der Waals surface area contributed by atoms with E-state index < -0.39 is 0 Å². The molecule has 0 fully saturated rings. The van der Waals surface area contributed by atoms with Gasteiger partial charge in [0.1, 0.15) is 0 Å². The van der Waals surface area contributed by atoms with E-state index in [0.717, 1.165) is 12.2 Å². The summed E-state index contributed by atoms with van der Waals surface area (Å²) in [5.74, 6) is 0. The Kier molecular flexibility index (Phi) is 3.89. The molecule has 3 heteroatoms. The second kappa shape index (κ2) is 4.96. The van der Waals surface area contributed by atoms with Crippen LogP contribution in [0.4, 0.5) is 0 Å². The van der Waals surface area contributed by atoms with Gasteiger partial charge in [-0.25, -0.2) is 0 Å². The van der Waals surface area contributed by atoms with Gasteiger partial charge in [-0.2, -0.15) is 5.10 Å². The molecule has 1 N–H and O–H groups in total. The van der Waals surface area contributed by atoms with Gasteiger partial charge in [0.2, 0.25) is 0 Å². The fourth-order valence-corrected chi connectivity index (χ4v) is 1.42. The maximum Gasteiger partial charge on any atom is 0.0665 e. The van der Waals surface area contributed by atoms with Crippen molar-refractivity contribution in [2.45, 2.75) is 26.8 Å². The molecule has 1 atom stereocenters. The Morgan fingerprint density at radius 2 is 2.36 bits per heavy atom. The van der Waals surface area contributed by atoms with E-state index in [1.54, 1.807) is 0 Å². The molecular weight excluding hydrogens is 174 g/mol. The molecule has 0 aliphatic rings. The van der Waals surface area contributed by atoms with Crippen molar-refractivity contribution in [3.05, 3.63) is 23.5 Å². The molecule has 0 aromatic carbocycles. The van der Waals surface area contributed by atoms with Crippen LogP contribution in [-0.4, -0.2) is 22.4 Å². The first-order valence-corrected chi connectivity index (χ1v) is 5.05. The maximum absolute atomic E-state index is 4.28. The van der Waals surface area contributed by atoms with E-state index in [1.165, 1.54) is 5.56 Å². The first-order chi connectivity index (χ1) is 6.63. The van der Waals surface area contributed by atoms with Crippen molar-refractivity contribution in [2.75, 3.05) is 6.54 Å². The van der Waals surface area contributed by atoms with E-state index in [9.17, 15) is 0 Å². The van der Waals surface area contributed by atoms with Gasteiger partial charge < -0.3 is 5.32 Å². The average Bonchev–Trinajstić information content (AvgIpc) is 2.42. The van der Waals surface area contributed by atoms with Crippen LogP contribution in [0.1, 0.15) is 25.1 Å². The number of aromatic nitrogens is 2. The van der Waals surface area contributed by atoms with E-state index in [2.05, 4.69) is 36.4 Å². The van der Waals surface area contributed by atoms with E-state index in [1.807, 2.05) is 24.9 Å². The van der Waals surface area contributed by atoms with E-state index in [0.29, 0.717) is 6.04 Å². The molecule has 0 amide bonds. The quantitative estimate of drug-likeness (QED) is 0.789. The van der Waals surface area contributed by atoms with Gasteiger partial charge in [-0.05, 0) is 20.4 Å². The largest absolute Gasteiger partial charge is 0.311 e. The molecule has 1 rings (SSSR count). The topological polar surface area (TPSA) is 29.9 Å². The average molecular weight is 193 g/mol. The lowest BCUT2D eigenvalue weighted by Crippen LogP contribution is -2.22. The molecule has 0 spiro atoms. The molecule has 0 aliphatic carbocycles. The monoisotopic (exact) mass is 193 g/mol. The number of likely N-dealkylation sites (N-methyl/N-ethyl adjacent to an activating group) is 1. The summed E-state index contributed by atoms with van der Waals surface area (Å²) in [6, 6.07) is 0.416. The lowest BCUT2D eigenvalue weighted by Gasteiger charge is -2.05. The minimum Gasteiger partial charge on any atom is -0.311 e. The minimum atomic E-state index is 0.416. The zero-order valence-corrected chi connectivity index (χ0v) is 9.41. The Hall–Kier alpha value is -1.09. The zero-order chi connectivity index (χ0) is 10.6. The highest BCUT2D eigenvalue weighted by Gasteiger charge is 1.99. The second-order valence-corrected chi connectivity index (χ2v) is 3.55. The summed E-state index contributed by atoms with van der Waals surface area (Å²) in [7, 11) is 1.94. The van der Waals surface area contributed by atoms with Gasteiger partial charge >= 0.3 is 0 Å². The van der Waals surface area contributed by atoms with Crippen LogP contribution in [0, 0.1) is 6.92 Å². The first kappa shape index (κ1) is 11.0. The molecular formula is C11H19N3. The first-order valence-electron chi connectivity index (χ1n) is 5.05. The van der Waals surface area contributed by atoms with E-state index >= 15 is 0 Å². The number of nitrogens with zero attached hydrogens (tertiary/aromatic N) is 2. The Balaban J connectivity index is 2.63. The minimum absolute atomic E-state index is 0.416. The summed E-state index contributed by atoms with van der Waals surface area (Å²) in [5.41, 5.74) is 2.27. The molecule has 1 aromatic rings. The van der Waals surface area contributed by atoms with Crippen LogP contribution in [0.15, 0.2) is 12.3 Å². The summed E-state index contributed by atoms with van der Waals surface area (Å²) in [6.45, 7) is 7.28. The summed E-state index contributed by atoms with van der Waals surface area (Å²) >= 11 is 0. The molecule has 0 saturated carbocycles. The Labute approximate surface area is 85.8 Å². The molecule has 3 nitrogen and oxygen atoms in total. The number of aryl methyl sites for hydroxylation is 2. The summed E-state index contributed by atoms with van der Waals surface area (Å²) in [5, 5.41) is 7.61. The van der Waals surface area contributed by atoms with Crippen molar-refractivity contribution >= 4 is 6.08 Å². The molecule has 1 unspecified atom stereocenters. The van der Waals surface area contributed by atoms with Gasteiger partial charge in [-0.1, -0.05) is 19.1 Å². The van der Waals surface area contributed by atoms with Crippen molar-refractivity contribution in [2.24, 2.45) is 7.05 Å². The van der Waals surface area contributed by atoms with Gasteiger partial charge in [0.05, 0.1) is 5.69 Å². The molecule has 0 saturated heterocycles. The van der Waals surface area contributed by atoms with E-state index in [-0.39, 0.29) is 0 Å². The van der Waals surface area contributed by atoms with Crippen molar-refractivity contribution in [3.63, 3.8) is 0 Å². The van der Waals surface area contributed by atoms with Crippen LogP contribution >= 0.6 is 0 Å². The Morgan fingerprint density at radius 1 is 1.64 bits per heavy atom. The van der Waals surface area contributed by atoms with Crippen molar-refractivity contribution in [3.8, 4) is 0 Å². The van der Waals surface area contributed by atoms with Crippen LogP contribution in [0.3, 0.4) is 0 Å². The third-order valence-electron chi connectivity index (χ3n) is 2.14. The second-order valence-electron chi connectivity index (χ2n) is 3.55. The molecule has 0 aliphatic heterocycles. The highest BCUT2D eigenvalue weighted by atomic mass is 15.2. The summed E-state index contributed by atoms with van der Waals surface area (Å²) in [6.07, 6.45) is 6.31. The lowest BCUT2D eigenvalue weighted by molar-refractivity contribution is 0.663. The van der Waals surface area contributed by atoms with Crippen molar-refractivity contribution in [1.29, 1.82) is 0 Å². The van der Waals surface area contributed by atoms with Gasteiger partial charge in [-0.3, -0.25) is 4.68 Å². The summed E-state index contributed by atoms with van der Waals surface area (Å²) in [4.78, 5) is 0. The number of hydrogen-bond donors (Lipinski definition) is 1. The lowest BCUT2D eigenvalue weighted by atomic mass is 10.2. The third-order valence-corrected chi connectivity index (χ3v) is 2.14. The van der Waals surface area contributed by atoms with Gasteiger partial charge in [0, 0.05) is 24.8 Å². The predicted octanol–water partition coefficient (Wildman–Crippen LogP) is 1.74. The zero-order valence-electron chi connectivity index (χ0n) is 9.41. The van der Waals surface area contributed by atoms with Crippen LogP contribution < -0.4 is 5.32 Å². The molecule has 14 heavy (non-hydrogen) atoms.